The number of H-pyrrole nitrogens is 1. The fourth-order valence-corrected chi connectivity index (χ4v) is 7.60. The maximum absolute atomic E-state index is 13.5. The van der Waals surface area contributed by atoms with Crippen LogP contribution in [0.25, 0.3) is 22.2 Å². The summed E-state index contributed by atoms with van der Waals surface area (Å²) in [7, 11) is -0.623. The summed E-state index contributed by atoms with van der Waals surface area (Å²) in [6.07, 6.45) is 10.5. The van der Waals surface area contributed by atoms with Crippen molar-refractivity contribution >= 4 is 26.9 Å². The van der Waals surface area contributed by atoms with E-state index in [1.807, 2.05) is 36.4 Å². The Morgan fingerprint density at radius 1 is 1.05 bits per heavy atom. The molecule has 0 saturated heterocycles. The van der Waals surface area contributed by atoms with Gasteiger partial charge in [-0.25, -0.2) is 13.1 Å². The molecule has 4 atom stereocenters. The van der Waals surface area contributed by atoms with E-state index in [1.165, 1.54) is 13.5 Å². The smallest absolute Gasteiger partial charge is 0.305 e. The molecule has 2 aliphatic carbocycles. The molecule has 0 spiro atoms. The van der Waals surface area contributed by atoms with E-state index < -0.39 is 10.0 Å². The summed E-state index contributed by atoms with van der Waals surface area (Å²) in [4.78, 5) is 14.9. The second kappa shape index (κ2) is 11.3. The molecule has 0 amide bonds. The van der Waals surface area contributed by atoms with Crippen molar-refractivity contribution in [2.45, 2.75) is 55.9 Å². The first kappa shape index (κ1) is 26.5. The van der Waals surface area contributed by atoms with Gasteiger partial charge in [0.2, 0.25) is 10.0 Å². The van der Waals surface area contributed by atoms with Crippen LogP contribution < -0.4 is 9.46 Å². The molecule has 0 radical (unpaired) electrons. The lowest BCUT2D eigenvalue weighted by molar-refractivity contribution is -0.140. The molecule has 2 fully saturated rings. The van der Waals surface area contributed by atoms with Crippen LogP contribution in [-0.2, 0) is 19.6 Å². The molecule has 202 valence electrons. The highest BCUT2D eigenvalue weighted by atomic mass is 32.2. The van der Waals surface area contributed by atoms with Crippen LogP contribution >= 0.6 is 0 Å². The molecule has 2 bridgehead atoms. The van der Waals surface area contributed by atoms with Crippen LogP contribution in [0.5, 0.6) is 5.75 Å². The number of nitrogens with one attached hydrogen (secondary N) is 2. The average Bonchev–Trinajstić information content (AvgIpc) is 3.65. The number of ether oxygens (including phenoxy) is 2. The van der Waals surface area contributed by atoms with Crippen LogP contribution in [0.4, 0.5) is 0 Å². The van der Waals surface area contributed by atoms with Gasteiger partial charge in [0.05, 0.1) is 19.1 Å². The van der Waals surface area contributed by atoms with Crippen LogP contribution in [0.2, 0.25) is 0 Å². The minimum atomic E-state index is -3.67. The molecule has 2 aliphatic rings. The number of fused-ring (bicyclic) bond motifs is 3. The largest absolute Gasteiger partial charge is 0.497 e. The topological polar surface area (TPSA) is 97.5 Å². The maximum Gasteiger partial charge on any atom is 0.305 e. The molecule has 38 heavy (non-hydrogen) atoms. The van der Waals surface area contributed by atoms with Gasteiger partial charge < -0.3 is 14.5 Å². The zero-order valence-corrected chi connectivity index (χ0v) is 22.8. The second-order valence-electron chi connectivity index (χ2n) is 10.5. The third kappa shape index (κ3) is 5.66. The number of sulfonamides is 1. The molecular formula is C30H36N2O5S. The Morgan fingerprint density at radius 3 is 2.61 bits per heavy atom. The molecule has 0 aliphatic heterocycles. The molecule has 2 N–H and O–H groups in total. The van der Waals surface area contributed by atoms with Gasteiger partial charge in [0.15, 0.2) is 0 Å². The molecule has 3 aromatic rings. The lowest BCUT2D eigenvalue weighted by Crippen LogP contribution is -2.43. The van der Waals surface area contributed by atoms with Gasteiger partial charge in [0.25, 0.3) is 0 Å². The summed E-state index contributed by atoms with van der Waals surface area (Å²) in [5.74, 6) is 1.86. The van der Waals surface area contributed by atoms with E-state index >= 15 is 0 Å². The van der Waals surface area contributed by atoms with Gasteiger partial charge in [-0.2, -0.15) is 0 Å². The van der Waals surface area contributed by atoms with E-state index in [0.717, 1.165) is 60.0 Å². The number of methoxy groups -OCH3 is 2. The van der Waals surface area contributed by atoms with Crippen molar-refractivity contribution in [3.05, 3.63) is 60.7 Å². The third-order valence-electron chi connectivity index (χ3n) is 8.24. The SMILES string of the molecule is COC(=O)CCC/C=C\C[C@@H]1[C@H]2CC[C@H](C2)[C@H]1NS(=O)(=O)c1ccc2cc(-c3ccc(OC)cc3)[nH]c2c1. The Bertz CT molecular complexity index is 1410. The van der Waals surface area contributed by atoms with Gasteiger partial charge in [-0.15, -0.1) is 0 Å². The number of carbonyl (C=O) groups is 1. The lowest BCUT2D eigenvalue weighted by Gasteiger charge is -2.31. The average molecular weight is 537 g/mol. The Labute approximate surface area is 224 Å². The number of esters is 1. The van der Waals surface area contributed by atoms with Crippen LogP contribution in [-0.4, -0.2) is 39.6 Å². The third-order valence-corrected chi connectivity index (χ3v) is 9.70. The summed E-state index contributed by atoms with van der Waals surface area (Å²) in [5, 5.41) is 0.963. The molecule has 8 heteroatoms. The zero-order chi connectivity index (χ0) is 26.7. The Morgan fingerprint density at radius 2 is 1.84 bits per heavy atom. The first-order chi connectivity index (χ1) is 18.4. The highest BCUT2D eigenvalue weighted by Gasteiger charge is 2.48. The fourth-order valence-electron chi connectivity index (χ4n) is 6.22. The molecule has 1 heterocycles. The summed E-state index contributed by atoms with van der Waals surface area (Å²) in [6, 6.07) is 15.0. The Kier molecular flexibility index (Phi) is 7.91. The summed E-state index contributed by atoms with van der Waals surface area (Å²) < 4.78 is 40.0. The number of hydrogen-bond acceptors (Lipinski definition) is 5. The number of carbonyl (C=O) groups excluding carboxylic acids is 1. The fraction of sp³-hybridized carbons (Fsp3) is 0.433. The van der Waals surface area contributed by atoms with Crippen molar-refractivity contribution in [1.29, 1.82) is 0 Å². The van der Waals surface area contributed by atoms with Crippen LogP contribution in [0.1, 0.15) is 44.9 Å². The number of aromatic amines is 1. The van der Waals surface area contributed by atoms with Gasteiger partial charge in [0, 0.05) is 29.1 Å². The second-order valence-corrected chi connectivity index (χ2v) is 12.2. The van der Waals surface area contributed by atoms with Crippen LogP contribution in [0, 0.1) is 17.8 Å². The van der Waals surface area contributed by atoms with E-state index in [9.17, 15) is 13.2 Å². The predicted molar refractivity (Wildman–Crippen MR) is 148 cm³/mol. The Balaban J connectivity index is 1.27. The highest BCUT2D eigenvalue weighted by molar-refractivity contribution is 7.89. The van der Waals surface area contributed by atoms with Gasteiger partial charge in [-0.1, -0.05) is 18.2 Å². The molecule has 1 aromatic heterocycles. The van der Waals surface area contributed by atoms with Crippen molar-refractivity contribution in [3.63, 3.8) is 0 Å². The Hall–Kier alpha value is -3.10. The number of aromatic nitrogens is 1. The van der Waals surface area contributed by atoms with Crippen molar-refractivity contribution in [2.24, 2.45) is 17.8 Å². The molecule has 2 aromatic carbocycles. The number of unbranched alkanes of at least 4 members (excludes halogenated alkanes) is 1. The highest BCUT2D eigenvalue weighted by Crippen LogP contribution is 2.50. The van der Waals surface area contributed by atoms with E-state index in [-0.39, 0.29) is 16.9 Å². The number of allylic oxidation sites excluding steroid dienone is 2. The first-order valence-electron chi connectivity index (χ1n) is 13.4. The van der Waals surface area contributed by atoms with Crippen molar-refractivity contribution < 1.29 is 22.7 Å². The van der Waals surface area contributed by atoms with Crippen molar-refractivity contribution in [3.8, 4) is 17.0 Å². The monoisotopic (exact) mass is 536 g/mol. The molecular weight excluding hydrogens is 500 g/mol. The van der Waals surface area contributed by atoms with Gasteiger partial charge in [0.1, 0.15) is 5.75 Å². The van der Waals surface area contributed by atoms with Crippen molar-refractivity contribution in [2.75, 3.05) is 14.2 Å². The zero-order valence-electron chi connectivity index (χ0n) is 22.0. The van der Waals surface area contributed by atoms with E-state index in [2.05, 4.69) is 26.6 Å². The lowest BCUT2D eigenvalue weighted by atomic mass is 9.83. The molecule has 5 rings (SSSR count). The van der Waals surface area contributed by atoms with Crippen molar-refractivity contribution in [1.82, 2.24) is 9.71 Å². The predicted octanol–water partition coefficient (Wildman–Crippen LogP) is 5.83. The summed E-state index contributed by atoms with van der Waals surface area (Å²) >= 11 is 0. The normalized spacial score (nSPS) is 22.9. The molecule has 2 saturated carbocycles. The quantitative estimate of drug-likeness (QED) is 0.183. The van der Waals surface area contributed by atoms with E-state index in [1.54, 1.807) is 19.2 Å². The minimum absolute atomic E-state index is 0.0485. The summed E-state index contributed by atoms with van der Waals surface area (Å²) in [5.41, 5.74) is 2.72. The van der Waals surface area contributed by atoms with E-state index in [0.29, 0.717) is 24.2 Å². The minimum Gasteiger partial charge on any atom is -0.497 e. The maximum atomic E-state index is 13.5. The van der Waals surface area contributed by atoms with Gasteiger partial charge in [-0.3, -0.25) is 4.79 Å². The first-order valence-corrected chi connectivity index (χ1v) is 14.9. The van der Waals surface area contributed by atoms with Gasteiger partial charge in [-0.05, 0) is 104 Å². The van der Waals surface area contributed by atoms with Crippen LogP contribution in [0.3, 0.4) is 0 Å². The molecule has 7 nitrogen and oxygen atoms in total. The van der Waals surface area contributed by atoms with Crippen LogP contribution in [0.15, 0.2) is 65.6 Å². The van der Waals surface area contributed by atoms with Gasteiger partial charge >= 0.3 is 5.97 Å². The number of rotatable bonds is 11. The standard InChI is InChI=1S/C30H36N2O5S/c1-36-24-14-11-20(12-15-24)27-18-22-13-16-25(19-28(22)31-27)38(34,35)32-30-23-10-9-21(17-23)26(30)7-5-3-4-6-8-29(33)37-2/h3,5,11-16,18-19,21,23,26,30-32H,4,6-10,17H2,1-2H3/b5-3-/t21-,23+,26+,30+/m0/s1. The number of hydrogen-bond donors (Lipinski definition) is 2. The molecule has 0 unspecified atom stereocenters. The summed E-state index contributed by atoms with van der Waals surface area (Å²) in [6.45, 7) is 0. The van der Waals surface area contributed by atoms with E-state index in [4.69, 9.17) is 4.74 Å². The number of benzene rings is 2.